The standard InChI is InChI=1S/C4H9NO.C4H8/c1-3-6-4-2-5-1;1-3-4-2/h5H,1-4H2;3-4H,1-2H3. The molecule has 2 nitrogen and oxygen atoms in total. The lowest BCUT2D eigenvalue weighted by atomic mass is 10.5. The van der Waals surface area contributed by atoms with Crippen LogP contribution in [0.2, 0.25) is 0 Å². The topological polar surface area (TPSA) is 21.3 Å². The molecule has 10 heavy (non-hydrogen) atoms. The quantitative estimate of drug-likeness (QED) is 0.514. The van der Waals surface area contributed by atoms with Crippen molar-refractivity contribution in [1.82, 2.24) is 5.32 Å². The summed E-state index contributed by atoms with van der Waals surface area (Å²) in [4.78, 5) is 0. The first-order valence-electron chi connectivity index (χ1n) is 3.77. The van der Waals surface area contributed by atoms with Gasteiger partial charge in [0.25, 0.3) is 0 Å². The number of morpholine rings is 1. The number of ether oxygens (including phenoxy) is 1. The molecule has 0 aromatic heterocycles. The highest BCUT2D eigenvalue weighted by Gasteiger charge is 1.92. The summed E-state index contributed by atoms with van der Waals surface area (Å²) in [5.41, 5.74) is 0. The van der Waals surface area contributed by atoms with E-state index in [1.165, 1.54) is 0 Å². The predicted molar refractivity (Wildman–Crippen MR) is 44.2 cm³/mol. The fourth-order valence-electron chi connectivity index (χ4n) is 0.516. The summed E-state index contributed by atoms with van der Waals surface area (Å²) in [5, 5.41) is 3.16. The van der Waals surface area contributed by atoms with Gasteiger partial charge in [0.15, 0.2) is 0 Å². The van der Waals surface area contributed by atoms with Gasteiger partial charge in [-0.05, 0) is 13.8 Å². The molecule has 0 aromatic carbocycles. The molecule has 0 aromatic rings. The third-order valence-corrected chi connectivity index (χ3v) is 1.18. The van der Waals surface area contributed by atoms with Gasteiger partial charge < -0.3 is 10.1 Å². The number of hydrogen-bond acceptors (Lipinski definition) is 2. The largest absolute Gasteiger partial charge is 0.379 e. The molecular formula is C8H17NO. The van der Waals surface area contributed by atoms with Crippen molar-refractivity contribution in [3.63, 3.8) is 0 Å². The van der Waals surface area contributed by atoms with Crippen molar-refractivity contribution in [2.24, 2.45) is 0 Å². The van der Waals surface area contributed by atoms with Crippen molar-refractivity contribution >= 4 is 0 Å². The van der Waals surface area contributed by atoms with Crippen LogP contribution in [0.25, 0.3) is 0 Å². The Morgan fingerprint density at radius 3 is 1.70 bits per heavy atom. The normalized spacial score (nSPS) is 18.2. The van der Waals surface area contributed by atoms with E-state index in [1.807, 2.05) is 26.0 Å². The van der Waals surface area contributed by atoms with Gasteiger partial charge in [-0.3, -0.25) is 0 Å². The summed E-state index contributed by atoms with van der Waals surface area (Å²) < 4.78 is 5.01. The van der Waals surface area contributed by atoms with Crippen LogP contribution in [0, 0.1) is 0 Å². The van der Waals surface area contributed by atoms with Crippen LogP contribution < -0.4 is 5.32 Å². The van der Waals surface area contributed by atoms with E-state index in [-0.39, 0.29) is 0 Å². The van der Waals surface area contributed by atoms with Crippen LogP contribution in [0.4, 0.5) is 0 Å². The molecule has 0 atom stereocenters. The summed E-state index contributed by atoms with van der Waals surface area (Å²) in [6, 6.07) is 0. The summed E-state index contributed by atoms with van der Waals surface area (Å²) in [5.74, 6) is 0. The van der Waals surface area contributed by atoms with Crippen molar-refractivity contribution < 1.29 is 4.74 Å². The third-order valence-electron chi connectivity index (χ3n) is 1.18. The Labute approximate surface area is 63.3 Å². The predicted octanol–water partition coefficient (Wildman–Crippen LogP) is 1.19. The average molecular weight is 143 g/mol. The number of rotatable bonds is 0. The summed E-state index contributed by atoms with van der Waals surface area (Å²) >= 11 is 0. The van der Waals surface area contributed by atoms with Crippen LogP contribution in [0.15, 0.2) is 12.2 Å². The zero-order chi connectivity index (χ0) is 7.66. The van der Waals surface area contributed by atoms with Gasteiger partial charge in [-0.1, -0.05) is 12.2 Å². The molecule has 0 aliphatic carbocycles. The zero-order valence-corrected chi connectivity index (χ0v) is 6.89. The Balaban J connectivity index is 0.000000180. The minimum atomic E-state index is 0.889. The lowest BCUT2D eigenvalue weighted by Gasteiger charge is -2.10. The molecular weight excluding hydrogens is 126 g/mol. The van der Waals surface area contributed by atoms with Gasteiger partial charge in [-0.2, -0.15) is 0 Å². The summed E-state index contributed by atoms with van der Waals surface area (Å²) in [6.45, 7) is 7.83. The highest BCUT2D eigenvalue weighted by molar-refractivity contribution is 4.68. The molecule has 1 fully saturated rings. The molecule has 0 bridgehead atoms. The maximum absolute atomic E-state index is 5.01. The minimum absolute atomic E-state index is 0.889. The Bertz CT molecular complexity index is 61.8. The van der Waals surface area contributed by atoms with Gasteiger partial charge in [-0.15, -0.1) is 0 Å². The van der Waals surface area contributed by atoms with E-state index in [0.29, 0.717) is 0 Å². The minimum Gasteiger partial charge on any atom is -0.379 e. The van der Waals surface area contributed by atoms with Gasteiger partial charge in [0.05, 0.1) is 13.2 Å². The maximum Gasteiger partial charge on any atom is 0.0591 e. The molecule has 60 valence electrons. The summed E-state index contributed by atoms with van der Waals surface area (Å²) in [6.07, 6.45) is 4.00. The van der Waals surface area contributed by atoms with Gasteiger partial charge in [-0.25, -0.2) is 0 Å². The SMILES string of the molecule is C1COCCN1.CC=CC. The van der Waals surface area contributed by atoms with Crippen LogP contribution in [0.3, 0.4) is 0 Å². The molecule has 0 radical (unpaired) electrons. The van der Waals surface area contributed by atoms with E-state index < -0.39 is 0 Å². The third kappa shape index (κ3) is 7.66. The number of hydrogen-bond donors (Lipinski definition) is 1. The van der Waals surface area contributed by atoms with Gasteiger partial charge in [0.1, 0.15) is 0 Å². The maximum atomic E-state index is 5.01. The Kier molecular flexibility index (Phi) is 8.37. The first-order chi connectivity index (χ1) is 4.91. The lowest BCUT2D eigenvalue weighted by molar-refractivity contribution is 0.109. The van der Waals surface area contributed by atoms with Crippen molar-refractivity contribution in [1.29, 1.82) is 0 Å². The molecule has 1 rings (SSSR count). The second-order valence-corrected chi connectivity index (χ2v) is 2.03. The fourth-order valence-corrected chi connectivity index (χ4v) is 0.516. The first kappa shape index (κ1) is 9.66. The number of nitrogens with one attached hydrogen (secondary N) is 1. The highest BCUT2D eigenvalue weighted by atomic mass is 16.5. The second-order valence-electron chi connectivity index (χ2n) is 2.03. The van der Waals surface area contributed by atoms with E-state index in [1.54, 1.807) is 0 Å². The Morgan fingerprint density at radius 2 is 1.60 bits per heavy atom. The molecule has 1 aliphatic heterocycles. The van der Waals surface area contributed by atoms with Gasteiger partial charge in [0, 0.05) is 13.1 Å². The molecule has 0 saturated carbocycles. The molecule has 0 unspecified atom stereocenters. The molecule has 1 saturated heterocycles. The van der Waals surface area contributed by atoms with E-state index in [0.717, 1.165) is 26.3 Å². The van der Waals surface area contributed by atoms with Crippen molar-refractivity contribution in [3.05, 3.63) is 12.2 Å². The second kappa shape index (κ2) is 8.66. The van der Waals surface area contributed by atoms with Crippen LogP contribution in [0.1, 0.15) is 13.8 Å². The van der Waals surface area contributed by atoms with E-state index in [9.17, 15) is 0 Å². The molecule has 0 amide bonds. The molecule has 0 spiro atoms. The average Bonchev–Trinajstić information content (AvgIpc) is 2.08. The highest BCUT2D eigenvalue weighted by Crippen LogP contribution is 1.76. The molecule has 2 heteroatoms. The monoisotopic (exact) mass is 143 g/mol. The fraction of sp³-hybridized carbons (Fsp3) is 0.750. The van der Waals surface area contributed by atoms with Gasteiger partial charge in [0.2, 0.25) is 0 Å². The Morgan fingerprint density at radius 1 is 1.10 bits per heavy atom. The summed E-state index contributed by atoms with van der Waals surface area (Å²) in [7, 11) is 0. The smallest absolute Gasteiger partial charge is 0.0591 e. The van der Waals surface area contributed by atoms with E-state index >= 15 is 0 Å². The zero-order valence-electron chi connectivity index (χ0n) is 6.89. The van der Waals surface area contributed by atoms with E-state index in [2.05, 4.69) is 5.32 Å². The molecule has 1 N–H and O–H groups in total. The lowest BCUT2D eigenvalue weighted by Crippen LogP contribution is -2.30. The van der Waals surface area contributed by atoms with Crippen LogP contribution >= 0.6 is 0 Å². The Hall–Kier alpha value is -0.340. The molecule has 1 heterocycles. The first-order valence-corrected chi connectivity index (χ1v) is 3.77. The van der Waals surface area contributed by atoms with Crippen molar-refractivity contribution in [2.45, 2.75) is 13.8 Å². The van der Waals surface area contributed by atoms with Crippen LogP contribution in [-0.2, 0) is 4.74 Å². The molecule has 1 aliphatic rings. The van der Waals surface area contributed by atoms with Crippen molar-refractivity contribution in [3.8, 4) is 0 Å². The van der Waals surface area contributed by atoms with Gasteiger partial charge >= 0.3 is 0 Å². The van der Waals surface area contributed by atoms with Crippen LogP contribution in [-0.4, -0.2) is 26.3 Å². The van der Waals surface area contributed by atoms with Crippen LogP contribution in [0.5, 0.6) is 0 Å². The van der Waals surface area contributed by atoms with Crippen molar-refractivity contribution in [2.75, 3.05) is 26.3 Å². The van der Waals surface area contributed by atoms with E-state index in [4.69, 9.17) is 4.74 Å². The number of allylic oxidation sites excluding steroid dienone is 2.